The van der Waals surface area contributed by atoms with E-state index in [1.54, 1.807) is 38.1 Å². The van der Waals surface area contributed by atoms with Crippen molar-refractivity contribution < 1.29 is 19.1 Å². The van der Waals surface area contributed by atoms with E-state index >= 15 is 0 Å². The third-order valence-electron chi connectivity index (χ3n) is 3.16. The summed E-state index contributed by atoms with van der Waals surface area (Å²) < 4.78 is 5.32. The van der Waals surface area contributed by atoms with Gasteiger partial charge < -0.3 is 14.8 Å². The Morgan fingerprint density at radius 1 is 1.24 bits per heavy atom. The lowest BCUT2D eigenvalue weighted by Gasteiger charge is -2.05. The molecule has 0 spiro atoms. The quantitative estimate of drug-likeness (QED) is 0.885. The normalized spacial score (nSPS) is 10.4. The molecule has 21 heavy (non-hydrogen) atoms. The lowest BCUT2D eigenvalue weighted by atomic mass is 10.1. The van der Waals surface area contributed by atoms with Gasteiger partial charge in [0, 0.05) is 6.54 Å². The number of rotatable bonds is 5. The number of carbonyl (C=O) groups excluding carboxylic acids is 1. The predicted octanol–water partition coefficient (Wildman–Crippen LogP) is 2.57. The Morgan fingerprint density at radius 2 is 2.00 bits per heavy atom. The monoisotopic (exact) mass is 287 g/mol. The molecule has 2 N–H and O–H groups in total. The summed E-state index contributed by atoms with van der Waals surface area (Å²) in [6, 6.07) is 8.40. The molecule has 5 heteroatoms. The van der Waals surface area contributed by atoms with E-state index in [4.69, 9.17) is 9.52 Å². The van der Waals surface area contributed by atoms with Crippen LogP contribution >= 0.6 is 0 Å². The maximum atomic E-state index is 12.0. The van der Waals surface area contributed by atoms with Gasteiger partial charge in [-0.3, -0.25) is 4.79 Å². The Morgan fingerprint density at radius 3 is 2.62 bits per heavy atom. The molecule has 1 heterocycles. The molecule has 0 aliphatic heterocycles. The van der Waals surface area contributed by atoms with Gasteiger partial charge in [0.2, 0.25) is 0 Å². The molecular formula is C16H17NO4. The summed E-state index contributed by atoms with van der Waals surface area (Å²) in [5.41, 5.74) is 1.65. The van der Waals surface area contributed by atoms with Crippen LogP contribution in [0, 0.1) is 13.8 Å². The van der Waals surface area contributed by atoms with Crippen molar-refractivity contribution in [2.45, 2.75) is 20.3 Å². The highest BCUT2D eigenvalue weighted by Gasteiger charge is 2.12. The molecule has 110 valence electrons. The van der Waals surface area contributed by atoms with Gasteiger partial charge in [-0.25, -0.2) is 4.79 Å². The van der Waals surface area contributed by atoms with E-state index < -0.39 is 5.97 Å². The molecule has 0 fully saturated rings. The van der Waals surface area contributed by atoms with Crippen molar-refractivity contribution in [3.8, 4) is 0 Å². The summed E-state index contributed by atoms with van der Waals surface area (Å²) in [4.78, 5) is 22.9. The third kappa shape index (κ3) is 3.72. The molecule has 0 unspecified atom stereocenters. The van der Waals surface area contributed by atoms with Crippen molar-refractivity contribution in [2.24, 2.45) is 0 Å². The van der Waals surface area contributed by atoms with E-state index in [-0.39, 0.29) is 11.5 Å². The third-order valence-corrected chi connectivity index (χ3v) is 3.16. The van der Waals surface area contributed by atoms with Gasteiger partial charge in [0.05, 0.1) is 11.1 Å². The molecule has 0 aliphatic carbocycles. The number of aryl methyl sites for hydroxylation is 2. The van der Waals surface area contributed by atoms with Crippen LogP contribution in [0.5, 0.6) is 0 Å². The molecule has 0 saturated heterocycles. The Bertz CT molecular complexity index is 673. The summed E-state index contributed by atoms with van der Waals surface area (Å²) in [5.74, 6) is 0.161. The van der Waals surface area contributed by atoms with E-state index in [2.05, 4.69) is 5.32 Å². The van der Waals surface area contributed by atoms with E-state index in [0.29, 0.717) is 30.0 Å². The molecule has 0 atom stereocenters. The Kier molecular flexibility index (Phi) is 4.42. The number of carboxylic acids is 1. The molecule has 1 aromatic heterocycles. The predicted molar refractivity (Wildman–Crippen MR) is 77.6 cm³/mol. The molecule has 2 aromatic rings. The second kappa shape index (κ2) is 6.26. The first-order chi connectivity index (χ1) is 9.97. The topological polar surface area (TPSA) is 79.5 Å². The van der Waals surface area contributed by atoms with Gasteiger partial charge in [-0.2, -0.15) is 0 Å². The number of furan rings is 1. The average molecular weight is 287 g/mol. The van der Waals surface area contributed by atoms with Gasteiger partial charge in [0.1, 0.15) is 11.5 Å². The minimum Gasteiger partial charge on any atom is -0.478 e. The SMILES string of the molecule is Cc1cc(C(=O)NCCc2cccc(C(=O)O)c2)c(C)o1. The van der Waals surface area contributed by atoms with E-state index in [0.717, 1.165) is 5.56 Å². The van der Waals surface area contributed by atoms with Crippen LogP contribution in [0.4, 0.5) is 0 Å². The number of benzene rings is 1. The molecule has 0 radical (unpaired) electrons. The summed E-state index contributed by atoms with van der Waals surface area (Å²) in [6.45, 7) is 3.98. The molecule has 0 bridgehead atoms. The smallest absolute Gasteiger partial charge is 0.335 e. The highest BCUT2D eigenvalue weighted by Crippen LogP contribution is 2.13. The van der Waals surface area contributed by atoms with E-state index in [9.17, 15) is 9.59 Å². The summed E-state index contributed by atoms with van der Waals surface area (Å²) in [6.07, 6.45) is 0.572. The molecule has 1 amide bonds. The highest BCUT2D eigenvalue weighted by atomic mass is 16.4. The fraction of sp³-hybridized carbons (Fsp3) is 0.250. The first-order valence-electron chi connectivity index (χ1n) is 6.65. The second-order valence-corrected chi connectivity index (χ2v) is 4.84. The highest BCUT2D eigenvalue weighted by molar-refractivity contribution is 5.95. The van der Waals surface area contributed by atoms with Gasteiger partial charge >= 0.3 is 5.97 Å². The molecular weight excluding hydrogens is 270 g/mol. The second-order valence-electron chi connectivity index (χ2n) is 4.84. The number of aromatic carboxylic acids is 1. The van der Waals surface area contributed by atoms with Crippen LogP contribution in [0.3, 0.4) is 0 Å². The van der Waals surface area contributed by atoms with Crippen molar-refractivity contribution in [1.82, 2.24) is 5.32 Å². The van der Waals surface area contributed by atoms with Crippen LogP contribution in [0.25, 0.3) is 0 Å². The molecule has 5 nitrogen and oxygen atoms in total. The van der Waals surface area contributed by atoms with Crippen LogP contribution in [0.1, 0.15) is 37.8 Å². The number of hydrogen-bond donors (Lipinski definition) is 2. The molecule has 0 aliphatic rings. The zero-order valence-electron chi connectivity index (χ0n) is 12.0. The maximum Gasteiger partial charge on any atom is 0.335 e. The minimum atomic E-state index is -0.953. The van der Waals surface area contributed by atoms with Crippen molar-refractivity contribution in [3.05, 3.63) is 58.5 Å². The van der Waals surface area contributed by atoms with Crippen LogP contribution in [-0.4, -0.2) is 23.5 Å². The number of nitrogens with one attached hydrogen (secondary N) is 1. The van der Waals surface area contributed by atoms with Gasteiger partial charge in [-0.05, 0) is 44.0 Å². The van der Waals surface area contributed by atoms with Gasteiger partial charge in [-0.1, -0.05) is 12.1 Å². The van der Waals surface area contributed by atoms with Crippen LogP contribution in [0.15, 0.2) is 34.7 Å². The lowest BCUT2D eigenvalue weighted by molar-refractivity contribution is 0.0696. The Hall–Kier alpha value is -2.56. The van der Waals surface area contributed by atoms with E-state index in [1.807, 2.05) is 6.07 Å². The number of carbonyl (C=O) groups is 2. The fourth-order valence-corrected chi connectivity index (χ4v) is 2.13. The van der Waals surface area contributed by atoms with Crippen molar-refractivity contribution in [2.75, 3.05) is 6.54 Å². The maximum absolute atomic E-state index is 12.0. The van der Waals surface area contributed by atoms with Gasteiger partial charge in [0.15, 0.2) is 0 Å². The fourth-order valence-electron chi connectivity index (χ4n) is 2.13. The number of hydrogen-bond acceptors (Lipinski definition) is 3. The first kappa shape index (κ1) is 14.8. The zero-order valence-corrected chi connectivity index (χ0v) is 12.0. The standard InChI is InChI=1S/C16H17NO4/c1-10-8-14(11(2)21-10)15(18)17-7-6-12-4-3-5-13(9-12)16(19)20/h3-5,8-9H,6-7H2,1-2H3,(H,17,18)(H,19,20). The average Bonchev–Trinajstić information content (AvgIpc) is 2.78. The Balaban J connectivity index is 1.92. The molecule has 0 saturated carbocycles. The van der Waals surface area contributed by atoms with Crippen molar-refractivity contribution in [1.29, 1.82) is 0 Å². The molecule has 2 rings (SSSR count). The summed E-state index contributed by atoms with van der Waals surface area (Å²) >= 11 is 0. The van der Waals surface area contributed by atoms with Crippen molar-refractivity contribution in [3.63, 3.8) is 0 Å². The largest absolute Gasteiger partial charge is 0.478 e. The summed E-state index contributed by atoms with van der Waals surface area (Å²) in [5, 5.41) is 11.7. The minimum absolute atomic E-state index is 0.182. The van der Waals surface area contributed by atoms with E-state index in [1.165, 1.54) is 0 Å². The van der Waals surface area contributed by atoms with Crippen LogP contribution < -0.4 is 5.32 Å². The summed E-state index contributed by atoms with van der Waals surface area (Å²) in [7, 11) is 0. The molecule has 1 aromatic carbocycles. The van der Waals surface area contributed by atoms with Gasteiger partial charge in [-0.15, -0.1) is 0 Å². The van der Waals surface area contributed by atoms with Crippen LogP contribution in [-0.2, 0) is 6.42 Å². The lowest BCUT2D eigenvalue weighted by Crippen LogP contribution is -2.25. The first-order valence-corrected chi connectivity index (χ1v) is 6.65. The zero-order chi connectivity index (χ0) is 15.4. The number of carboxylic acid groups (broad SMARTS) is 1. The number of amides is 1. The van der Waals surface area contributed by atoms with Crippen molar-refractivity contribution >= 4 is 11.9 Å². The van der Waals surface area contributed by atoms with Gasteiger partial charge in [0.25, 0.3) is 5.91 Å². The van der Waals surface area contributed by atoms with Crippen LogP contribution in [0.2, 0.25) is 0 Å². The Labute approximate surface area is 122 Å².